The average Bonchev–Trinajstić information content (AvgIpc) is 2.64. The molecule has 0 saturated carbocycles. The average molecular weight is 263 g/mol. The number of aryl methyl sites for hydroxylation is 1. The minimum Gasteiger partial charge on any atom is -0.354 e. The van der Waals surface area contributed by atoms with E-state index >= 15 is 0 Å². The molecule has 1 unspecified atom stereocenters. The second kappa shape index (κ2) is 5.17. The number of piperazine rings is 1. The van der Waals surface area contributed by atoms with Gasteiger partial charge in [-0.25, -0.2) is 0 Å². The normalized spacial score (nSPS) is 19.6. The lowest BCUT2D eigenvalue weighted by molar-refractivity contribution is 0.0649. The molecule has 1 atom stereocenters. The zero-order valence-electron chi connectivity index (χ0n) is 12.0. The van der Waals surface area contributed by atoms with Gasteiger partial charge < -0.3 is 15.2 Å². The summed E-state index contributed by atoms with van der Waals surface area (Å²) in [7, 11) is 0. The Morgan fingerprint density at radius 3 is 2.53 bits per heavy atom. The molecule has 104 valence electrons. The Hall–Kier alpha value is -1.62. The summed E-state index contributed by atoms with van der Waals surface area (Å²) in [6.07, 6.45) is 0. The molecule has 5 heteroatoms. The molecule has 1 amide bonds. The zero-order chi connectivity index (χ0) is 14.2. The fourth-order valence-electron chi connectivity index (χ4n) is 2.78. The number of aromatic nitrogens is 1. The predicted octanol–water partition coefficient (Wildman–Crippen LogP) is 1.27. The molecule has 19 heavy (non-hydrogen) atoms. The van der Waals surface area contributed by atoms with Gasteiger partial charge >= 0.3 is 0 Å². The van der Waals surface area contributed by atoms with Crippen molar-refractivity contribution in [2.75, 3.05) is 19.6 Å². The van der Waals surface area contributed by atoms with Crippen LogP contribution in [0, 0.1) is 13.8 Å². The van der Waals surface area contributed by atoms with Gasteiger partial charge in [-0.1, -0.05) is 0 Å². The summed E-state index contributed by atoms with van der Waals surface area (Å²) in [5.74, 6) is -0.0132. The molecule has 2 rings (SSSR count). The molecule has 0 bridgehead atoms. The van der Waals surface area contributed by atoms with Crippen LogP contribution in [0.4, 0.5) is 0 Å². The molecule has 5 nitrogen and oxygen atoms in total. The smallest absolute Gasteiger partial charge is 0.270 e. The van der Waals surface area contributed by atoms with E-state index in [-0.39, 0.29) is 17.7 Å². The van der Waals surface area contributed by atoms with Gasteiger partial charge in [-0.2, -0.15) is 0 Å². The number of H-pyrrole nitrogens is 1. The monoisotopic (exact) mass is 263 g/mol. The molecular weight excluding hydrogens is 242 g/mol. The van der Waals surface area contributed by atoms with E-state index in [0.29, 0.717) is 17.8 Å². The highest BCUT2D eigenvalue weighted by Crippen LogP contribution is 2.21. The number of nitrogens with one attached hydrogen (secondary N) is 2. The third kappa shape index (κ3) is 2.42. The molecule has 1 aliphatic heterocycles. The number of carbonyl (C=O) groups excluding carboxylic acids is 2. The Morgan fingerprint density at radius 1 is 1.32 bits per heavy atom. The summed E-state index contributed by atoms with van der Waals surface area (Å²) in [4.78, 5) is 29.1. The summed E-state index contributed by atoms with van der Waals surface area (Å²) in [6.45, 7) is 9.55. The van der Waals surface area contributed by atoms with Crippen molar-refractivity contribution in [1.29, 1.82) is 0 Å². The molecule has 1 aliphatic rings. The SMILES string of the molecule is CC(=O)c1c(C)[nH]c(C(=O)N2CCNCC2C)c1C. The van der Waals surface area contributed by atoms with Gasteiger partial charge in [0.2, 0.25) is 0 Å². The maximum atomic E-state index is 12.6. The van der Waals surface area contributed by atoms with Gasteiger partial charge in [-0.05, 0) is 33.3 Å². The van der Waals surface area contributed by atoms with Crippen LogP contribution in [0.15, 0.2) is 0 Å². The van der Waals surface area contributed by atoms with Gasteiger partial charge in [-0.3, -0.25) is 9.59 Å². The third-order valence-corrected chi connectivity index (χ3v) is 3.77. The standard InChI is InChI=1S/C14H21N3O2/c1-8-7-15-5-6-17(8)14(19)13-9(2)12(11(4)18)10(3)16-13/h8,15-16H,5-7H2,1-4H3. The molecule has 0 aliphatic carbocycles. The first-order chi connectivity index (χ1) is 8.93. The van der Waals surface area contributed by atoms with E-state index in [1.54, 1.807) is 0 Å². The largest absolute Gasteiger partial charge is 0.354 e. The molecule has 1 aromatic heterocycles. The number of carbonyl (C=O) groups is 2. The second-order valence-electron chi connectivity index (χ2n) is 5.23. The van der Waals surface area contributed by atoms with Crippen molar-refractivity contribution in [3.8, 4) is 0 Å². The van der Waals surface area contributed by atoms with Gasteiger partial charge in [0.15, 0.2) is 5.78 Å². The Bertz CT molecular complexity index is 519. The first kappa shape index (κ1) is 13.8. The number of rotatable bonds is 2. The Balaban J connectivity index is 2.34. The Labute approximate surface area is 113 Å². The summed E-state index contributed by atoms with van der Waals surface area (Å²) in [6, 6.07) is 0.171. The first-order valence-corrected chi connectivity index (χ1v) is 6.65. The van der Waals surface area contributed by atoms with Crippen molar-refractivity contribution in [3.05, 3.63) is 22.5 Å². The molecule has 0 aromatic carbocycles. The maximum absolute atomic E-state index is 12.6. The molecule has 2 heterocycles. The van der Waals surface area contributed by atoms with Crippen molar-refractivity contribution < 1.29 is 9.59 Å². The molecule has 1 saturated heterocycles. The molecule has 0 radical (unpaired) electrons. The van der Waals surface area contributed by atoms with E-state index < -0.39 is 0 Å². The molecule has 2 N–H and O–H groups in total. The number of hydrogen-bond acceptors (Lipinski definition) is 3. The highest BCUT2D eigenvalue weighted by molar-refractivity contribution is 6.02. The van der Waals surface area contributed by atoms with Crippen LogP contribution in [0.3, 0.4) is 0 Å². The summed E-state index contributed by atoms with van der Waals surface area (Å²) in [5.41, 5.74) is 2.74. The quantitative estimate of drug-likeness (QED) is 0.790. The predicted molar refractivity (Wildman–Crippen MR) is 73.6 cm³/mol. The summed E-state index contributed by atoms with van der Waals surface area (Å²) in [5, 5.41) is 3.26. The van der Waals surface area contributed by atoms with E-state index in [4.69, 9.17) is 0 Å². The maximum Gasteiger partial charge on any atom is 0.270 e. The van der Waals surface area contributed by atoms with E-state index in [0.717, 1.165) is 24.3 Å². The fraction of sp³-hybridized carbons (Fsp3) is 0.571. The van der Waals surface area contributed by atoms with Crippen LogP contribution in [-0.2, 0) is 0 Å². The van der Waals surface area contributed by atoms with Gasteiger partial charge in [-0.15, -0.1) is 0 Å². The molecule has 0 spiro atoms. The molecule has 1 fully saturated rings. The number of hydrogen-bond donors (Lipinski definition) is 2. The number of Topliss-reactive ketones (excluding diaryl/α,β-unsaturated/α-hetero) is 1. The van der Waals surface area contributed by atoms with Crippen LogP contribution in [0.25, 0.3) is 0 Å². The minimum absolute atomic E-state index is 0.00124. The van der Waals surface area contributed by atoms with Crippen molar-refractivity contribution in [2.45, 2.75) is 33.7 Å². The van der Waals surface area contributed by atoms with E-state index in [2.05, 4.69) is 10.3 Å². The number of amides is 1. The fourth-order valence-corrected chi connectivity index (χ4v) is 2.78. The van der Waals surface area contributed by atoms with Crippen molar-refractivity contribution in [2.24, 2.45) is 0 Å². The van der Waals surface area contributed by atoms with Gasteiger partial charge in [0.25, 0.3) is 5.91 Å². The highest BCUT2D eigenvalue weighted by Gasteiger charge is 2.28. The van der Waals surface area contributed by atoms with Crippen LogP contribution < -0.4 is 5.32 Å². The van der Waals surface area contributed by atoms with E-state index in [1.807, 2.05) is 25.7 Å². The third-order valence-electron chi connectivity index (χ3n) is 3.77. The lowest BCUT2D eigenvalue weighted by Gasteiger charge is -2.33. The summed E-state index contributed by atoms with van der Waals surface area (Å²) < 4.78 is 0. The van der Waals surface area contributed by atoms with Gasteiger partial charge in [0.1, 0.15) is 5.69 Å². The van der Waals surface area contributed by atoms with Crippen LogP contribution in [0.5, 0.6) is 0 Å². The Morgan fingerprint density at radius 2 is 2.00 bits per heavy atom. The second-order valence-corrected chi connectivity index (χ2v) is 5.23. The van der Waals surface area contributed by atoms with Crippen LogP contribution >= 0.6 is 0 Å². The lowest BCUT2D eigenvalue weighted by atomic mass is 10.1. The van der Waals surface area contributed by atoms with Crippen molar-refractivity contribution in [1.82, 2.24) is 15.2 Å². The van der Waals surface area contributed by atoms with Gasteiger partial charge in [0, 0.05) is 36.9 Å². The zero-order valence-corrected chi connectivity index (χ0v) is 12.0. The van der Waals surface area contributed by atoms with Crippen LogP contribution in [0.2, 0.25) is 0 Å². The van der Waals surface area contributed by atoms with Crippen molar-refractivity contribution in [3.63, 3.8) is 0 Å². The summed E-state index contributed by atoms with van der Waals surface area (Å²) >= 11 is 0. The topological polar surface area (TPSA) is 65.2 Å². The number of aromatic amines is 1. The van der Waals surface area contributed by atoms with Crippen molar-refractivity contribution >= 4 is 11.7 Å². The highest BCUT2D eigenvalue weighted by atomic mass is 16.2. The van der Waals surface area contributed by atoms with Crippen LogP contribution in [-0.4, -0.2) is 47.3 Å². The minimum atomic E-state index is -0.0119. The molecule has 1 aromatic rings. The van der Waals surface area contributed by atoms with Crippen LogP contribution in [0.1, 0.15) is 46.0 Å². The first-order valence-electron chi connectivity index (χ1n) is 6.65. The van der Waals surface area contributed by atoms with E-state index in [9.17, 15) is 9.59 Å². The number of nitrogens with zero attached hydrogens (tertiary/aromatic N) is 1. The van der Waals surface area contributed by atoms with Gasteiger partial charge in [0.05, 0.1) is 0 Å². The lowest BCUT2D eigenvalue weighted by Crippen LogP contribution is -2.52. The molecular formula is C14H21N3O2. The number of ketones is 1. The Kier molecular flexibility index (Phi) is 3.75. The van der Waals surface area contributed by atoms with E-state index in [1.165, 1.54) is 6.92 Å².